The highest BCUT2D eigenvalue weighted by atomic mass is 79.9. The van der Waals surface area contributed by atoms with Crippen molar-refractivity contribution in [2.24, 2.45) is 5.92 Å². The van der Waals surface area contributed by atoms with Gasteiger partial charge >= 0.3 is 0 Å². The lowest BCUT2D eigenvalue weighted by Gasteiger charge is -2.27. The first-order valence-corrected chi connectivity index (χ1v) is 13.3. The summed E-state index contributed by atoms with van der Waals surface area (Å²) < 4.78 is 0.550. The average Bonchev–Trinajstić information content (AvgIpc) is 2.54. The lowest BCUT2D eigenvalue weighted by molar-refractivity contribution is -0.110. The molecule has 0 aliphatic rings. The number of thioether (sulfide) groups is 1. The van der Waals surface area contributed by atoms with Crippen LogP contribution in [0.1, 0.15) is 90.9 Å². The first kappa shape index (κ1) is 25.5. The van der Waals surface area contributed by atoms with Gasteiger partial charge in [0.25, 0.3) is 0 Å². The van der Waals surface area contributed by atoms with E-state index in [-0.39, 0.29) is 4.69 Å². The molecule has 0 saturated carbocycles. The van der Waals surface area contributed by atoms with E-state index in [0.29, 0.717) is 16.1 Å². The van der Waals surface area contributed by atoms with Crippen LogP contribution in [-0.2, 0) is 4.79 Å². The maximum atomic E-state index is 10.9. The molecule has 0 spiro atoms. The summed E-state index contributed by atoms with van der Waals surface area (Å²) in [6.45, 7) is 4.60. The van der Waals surface area contributed by atoms with Crippen molar-refractivity contribution in [3.8, 4) is 0 Å². The van der Waals surface area contributed by atoms with Gasteiger partial charge in [0.15, 0.2) is 4.69 Å². The second-order valence-corrected chi connectivity index (χ2v) is 12.0. The summed E-state index contributed by atoms with van der Waals surface area (Å²) in [5, 5.41) is 0.740. The van der Waals surface area contributed by atoms with Crippen molar-refractivity contribution >= 4 is 64.2 Å². The van der Waals surface area contributed by atoms with Crippen LogP contribution in [0.2, 0.25) is 0 Å². The molecule has 0 N–H and O–H groups in total. The van der Waals surface area contributed by atoms with Gasteiger partial charge in [0, 0.05) is 11.7 Å². The topological polar surface area (TPSA) is 17.1 Å². The van der Waals surface area contributed by atoms with Crippen LogP contribution < -0.4 is 0 Å². The zero-order valence-corrected chi connectivity index (χ0v) is 20.9. The summed E-state index contributed by atoms with van der Waals surface area (Å²) in [6, 6.07) is 0. The summed E-state index contributed by atoms with van der Waals surface area (Å²) >= 11 is 12.7. The van der Waals surface area contributed by atoms with Crippen molar-refractivity contribution in [2.75, 3.05) is 5.75 Å². The molecule has 0 saturated heterocycles. The fraction of sp³-hybridized carbons (Fsp3) is 0.947. The molecule has 0 rings (SSSR count). The van der Waals surface area contributed by atoms with Gasteiger partial charge in [-0.3, -0.25) is 4.79 Å². The number of carbonyl (C=O) groups is 1. The van der Waals surface area contributed by atoms with Crippen LogP contribution in [0, 0.1) is 5.92 Å². The van der Waals surface area contributed by atoms with Crippen molar-refractivity contribution in [3.63, 3.8) is 0 Å². The third kappa shape index (κ3) is 14.6. The van der Waals surface area contributed by atoms with E-state index in [0.717, 1.165) is 11.7 Å². The second kappa shape index (κ2) is 17.9. The molecule has 0 aliphatic heterocycles. The summed E-state index contributed by atoms with van der Waals surface area (Å²) in [7, 11) is 0. The predicted molar refractivity (Wildman–Crippen MR) is 122 cm³/mol. The maximum absolute atomic E-state index is 10.9. The van der Waals surface area contributed by atoms with Crippen LogP contribution in [0.25, 0.3) is 0 Å². The Morgan fingerprint density at radius 2 is 1.54 bits per heavy atom. The number of alkyl halides is 2. The summed E-state index contributed by atoms with van der Waals surface area (Å²) in [4.78, 5) is 10.9. The zero-order chi connectivity index (χ0) is 18.2. The van der Waals surface area contributed by atoms with E-state index >= 15 is 0 Å². The molecule has 0 aromatic rings. The molecule has 2 atom stereocenters. The van der Waals surface area contributed by atoms with Crippen molar-refractivity contribution in [2.45, 2.75) is 99.9 Å². The first-order valence-electron chi connectivity index (χ1n) is 9.60. The summed E-state index contributed by atoms with van der Waals surface area (Å²) in [5.41, 5.74) is 0. The summed E-state index contributed by atoms with van der Waals surface area (Å²) in [5.74, 6) is 1.99. The molecule has 24 heavy (non-hydrogen) atoms. The molecule has 0 aromatic heterocycles. The molecule has 5 heteroatoms. The number of rotatable bonds is 17. The second-order valence-electron chi connectivity index (χ2n) is 6.54. The molecule has 1 nitrogen and oxygen atoms in total. The van der Waals surface area contributed by atoms with Crippen molar-refractivity contribution in [1.29, 1.82) is 0 Å². The molecule has 0 fully saturated rings. The van der Waals surface area contributed by atoms with Crippen LogP contribution in [-0.4, -0.2) is 19.4 Å². The first-order chi connectivity index (χ1) is 11.5. The molecule has 0 aliphatic carbocycles. The molecule has 2 unspecified atom stereocenters. The third-order valence-electron chi connectivity index (χ3n) is 4.44. The highest BCUT2D eigenvalue weighted by Crippen LogP contribution is 2.36. The van der Waals surface area contributed by atoms with Crippen LogP contribution in [0.5, 0.6) is 0 Å². The van der Waals surface area contributed by atoms with Gasteiger partial charge < -0.3 is 0 Å². The highest BCUT2D eigenvalue weighted by molar-refractivity contribution is 9.24. The Morgan fingerprint density at radius 1 is 0.917 bits per heavy atom. The zero-order valence-electron chi connectivity index (χ0n) is 15.4. The fourth-order valence-corrected chi connectivity index (χ4v) is 6.36. The fourth-order valence-electron chi connectivity index (χ4n) is 2.96. The SMILES string of the molecule is CCCCCCCSC(CC)C(CCCCCCC(=O)Br)C(Br)Br. The quantitative estimate of drug-likeness (QED) is 0.103. The number of hydrogen-bond acceptors (Lipinski definition) is 2. The predicted octanol–water partition coefficient (Wildman–Crippen LogP) is 8.46. The minimum absolute atomic E-state index is 0.141. The molecular weight excluding hydrogens is 516 g/mol. The number of halogens is 3. The standard InChI is InChI=1S/C19H35Br3OS/c1-3-5-6-9-12-15-24-17(4-2)16(19(21)22)13-10-7-8-11-14-18(20)23/h16-17,19H,3-15H2,1-2H3. The van der Waals surface area contributed by atoms with Crippen molar-refractivity contribution in [3.05, 3.63) is 0 Å². The van der Waals surface area contributed by atoms with E-state index in [4.69, 9.17) is 0 Å². The Bertz CT molecular complexity index is 300. The average molecular weight is 551 g/mol. The van der Waals surface area contributed by atoms with Crippen LogP contribution in [0.15, 0.2) is 0 Å². The van der Waals surface area contributed by atoms with Gasteiger partial charge in [-0.15, -0.1) is 0 Å². The van der Waals surface area contributed by atoms with Crippen LogP contribution >= 0.6 is 59.6 Å². The van der Waals surface area contributed by atoms with Crippen molar-refractivity contribution in [1.82, 2.24) is 0 Å². The van der Waals surface area contributed by atoms with Gasteiger partial charge in [-0.05, 0) is 53.3 Å². The normalized spacial score (nSPS) is 14.1. The Kier molecular flexibility index (Phi) is 18.9. The van der Waals surface area contributed by atoms with E-state index in [9.17, 15) is 4.79 Å². The number of unbranched alkanes of at least 4 members (excludes halogenated alkanes) is 7. The molecule has 0 heterocycles. The maximum Gasteiger partial charge on any atom is 0.197 e. The largest absolute Gasteiger partial charge is 0.287 e. The molecule has 144 valence electrons. The third-order valence-corrected chi connectivity index (χ3v) is 7.83. The lowest BCUT2D eigenvalue weighted by Crippen LogP contribution is -2.23. The van der Waals surface area contributed by atoms with Gasteiger partial charge in [0.05, 0.1) is 3.74 Å². The van der Waals surface area contributed by atoms with E-state index in [1.165, 1.54) is 70.0 Å². The van der Waals surface area contributed by atoms with Gasteiger partial charge in [-0.2, -0.15) is 11.8 Å². The van der Waals surface area contributed by atoms with Gasteiger partial charge in [-0.1, -0.05) is 90.7 Å². The Balaban J connectivity index is 3.99. The lowest BCUT2D eigenvalue weighted by atomic mass is 9.97. The molecule has 0 bridgehead atoms. The molecular formula is C19H35Br3OS. The van der Waals surface area contributed by atoms with Crippen LogP contribution in [0.3, 0.4) is 0 Å². The highest BCUT2D eigenvalue weighted by Gasteiger charge is 2.25. The van der Waals surface area contributed by atoms with Gasteiger partial charge in [0.2, 0.25) is 0 Å². The van der Waals surface area contributed by atoms with E-state index in [1.54, 1.807) is 0 Å². The smallest absolute Gasteiger partial charge is 0.197 e. The number of hydrogen-bond donors (Lipinski definition) is 0. The Labute approximate surface area is 179 Å². The van der Waals surface area contributed by atoms with E-state index in [2.05, 4.69) is 73.4 Å². The Hall–Kier alpha value is 1.46. The van der Waals surface area contributed by atoms with Gasteiger partial charge in [-0.25, -0.2) is 0 Å². The molecule has 0 amide bonds. The van der Waals surface area contributed by atoms with Crippen molar-refractivity contribution < 1.29 is 4.79 Å². The summed E-state index contributed by atoms with van der Waals surface area (Å²) in [6.07, 6.45) is 14.7. The van der Waals surface area contributed by atoms with E-state index in [1.807, 2.05) is 0 Å². The van der Waals surface area contributed by atoms with Crippen LogP contribution in [0.4, 0.5) is 0 Å². The minimum Gasteiger partial charge on any atom is -0.287 e. The minimum atomic E-state index is 0.141. The monoisotopic (exact) mass is 548 g/mol. The molecule has 0 radical (unpaired) electrons. The molecule has 0 aromatic carbocycles. The Morgan fingerprint density at radius 3 is 2.12 bits per heavy atom. The van der Waals surface area contributed by atoms with Gasteiger partial charge in [0.1, 0.15) is 0 Å². The van der Waals surface area contributed by atoms with E-state index < -0.39 is 0 Å². The number of carbonyl (C=O) groups excluding carboxylic acids is 1.